The van der Waals surface area contributed by atoms with Crippen LogP contribution in [0.25, 0.3) is 6.08 Å². The van der Waals surface area contributed by atoms with E-state index in [-0.39, 0.29) is 34.4 Å². The van der Waals surface area contributed by atoms with Gasteiger partial charge in [0.1, 0.15) is 6.04 Å². The number of nitrogens with one attached hydrogen (secondary N) is 1. The number of carbonyl (C=O) groups is 1. The first-order valence-electron chi connectivity index (χ1n) is 7.89. The standard InChI is InChI=1S/C19H19NO6S/c1-26-19(25)13(8-12-3-6-15(22)17(24)10-12)20-18(27)7-4-11-2-5-14(21)16(23)9-11/h2-7,9-10,13,21-24H,8H2,1H3,(H,20,27)/b7-4+/t13-/m1/s1. The zero-order valence-electron chi connectivity index (χ0n) is 14.4. The number of phenols is 4. The van der Waals surface area contributed by atoms with Crippen molar-refractivity contribution in [3.8, 4) is 23.0 Å². The number of hydrogen-bond donors (Lipinski definition) is 5. The highest BCUT2D eigenvalue weighted by molar-refractivity contribution is 7.80. The summed E-state index contributed by atoms with van der Waals surface area (Å²) in [4.78, 5) is 12.3. The molecule has 0 spiro atoms. The minimum atomic E-state index is -0.802. The number of esters is 1. The molecule has 0 aliphatic rings. The lowest BCUT2D eigenvalue weighted by molar-refractivity contribution is -0.142. The lowest BCUT2D eigenvalue weighted by atomic mass is 10.1. The third kappa shape index (κ3) is 5.61. The van der Waals surface area contributed by atoms with Gasteiger partial charge in [-0.15, -0.1) is 0 Å². The first-order valence-corrected chi connectivity index (χ1v) is 8.30. The highest BCUT2D eigenvalue weighted by Gasteiger charge is 2.20. The van der Waals surface area contributed by atoms with Crippen molar-refractivity contribution in [1.82, 2.24) is 5.32 Å². The molecule has 1 atom stereocenters. The van der Waals surface area contributed by atoms with Crippen molar-refractivity contribution >= 4 is 29.3 Å². The topological polar surface area (TPSA) is 119 Å². The van der Waals surface area contributed by atoms with Crippen molar-refractivity contribution in [3.05, 3.63) is 53.6 Å². The monoisotopic (exact) mass is 389 g/mol. The van der Waals surface area contributed by atoms with Crippen LogP contribution in [0.5, 0.6) is 23.0 Å². The molecule has 0 saturated carbocycles. The number of ether oxygens (including phenoxy) is 1. The molecule has 2 aromatic carbocycles. The highest BCUT2D eigenvalue weighted by Crippen LogP contribution is 2.26. The SMILES string of the molecule is COC(=O)[C@@H](Cc1ccc(O)c(O)c1)NC(=S)/C=C/c1ccc(O)c(O)c1. The molecule has 142 valence electrons. The van der Waals surface area contributed by atoms with Gasteiger partial charge in [-0.2, -0.15) is 0 Å². The van der Waals surface area contributed by atoms with Crippen molar-refractivity contribution in [2.75, 3.05) is 7.11 Å². The van der Waals surface area contributed by atoms with Gasteiger partial charge in [-0.3, -0.25) is 0 Å². The Morgan fingerprint density at radius 3 is 2.30 bits per heavy atom. The predicted molar refractivity (Wildman–Crippen MR) is 104 cm³/mol. The molecule has 0 fully saturated rings. The second-order valence-corrected chi connectivity index (χ2v) is 6.13. The first kappa shape index (κ1) is 20.1. The van der Waals surface area contributed by atoms with Gasteiger partial charge in [0, 0.05) is 6.42 Å². The van der Waals surface area contributed by atoms with Crippen LogP contribution < -0.4 is 5.32 Å². The molecular formula is C19H19NO6S. The number of hydrogen-bond acceptors (Lipinski definition) is 7. The van der Waals surface area contributed by atoms with Gasteiger partial charge in [-0.1, -0.05) is 30.4 Å². The van der Waals surface area contributed by atoms with Crippen molar-refractivity contribution in [3.63, 3.8) is 0 Å². The second kappa shape index (κ2) is 8.91. The minimum absolute atomic E-state index is 0.175. The molecule has 0 heterocycles. The van der Waals surface area contributed by atoms with E-state index in [1.165, 1.54) is 37.5 Å². The smallest absolute Gasteiger partial charge is 0.328 e. The lowest BCUT2D eigenvalue weighted by Crippen LogP contribution is -2.41. The molecule has 0 bridgehead atoms. The van der Waals surface area contributed by atoms with E-state index < -0.39 is 12.0 Å². The number of rotatable bonds is 6. The Bertz CT molecular complexity index is 880. The van der Waals surface area contributed by atoms with Gasteiger partial charge in [-0.05, 0) is 41.5 Å². The number of benzene rings is 2. The summed E-state index contributed by atoms with van der Waals surface area (Å²) < 4.78 is 4.77. The summed E-state index contributed by atoms with van der Waals surface area (Å²) in [5.74, 6) is -1.56. The van der Waals surface area contributed by atoms with Crippen molar-refractivity contribution in [2.45, 2.75) is 12.5 Å². The average Bonchev–Trinajstić information content (AvgIpc) is 2.64. The fraction of sp³-hybridized carbons (Fsp3) is 0.158. The van der Waals surface area contributed by atoms with Gasteiger partial charge >= 0.3 is 5.97 Å². The minimum Gasteiger partial charge on any atom is -0.504 e. The summed E-state index contributed by atoms with van der Waals surface area (Å²) in [7, 11) is 1.25. The lowest BCUT2D eigenvalue weighted by Gasteiger charge is -2.17. The molecule has 0 aliphatic heterocycles. The Kier molecular flexibility index (Phi) is 6.62. The molecule has 27 heavy (non-hydrogen) atoms. The van der Waals surface area contributed by atoms with E-state index in [2.05, 4.69) is 5.32 Å². The molecule has 0 amide bonds. The zero-order valence-corrected chi connectivity index (χ0v) is 15.2. The molecule has 7 nitrogen and oxygen atoms in total. The Hall–Kier alpha value is -3.26. The number of aromatic hydroxyl groups is 4. The Morgan fingerprint density at radius 2 is 1.70 bits per heavy atom. The quantitative estimate of drug-likeness (QED) is 0.221. The fourth-order valence-corrected chi connectivity index (χ4v) is 2.51. The van der Waals surface area contributed by atoms with Crippen LogP contribution in [0.1, 0.15) is 11.1 Å². The van der Waals surface area contributed by atoms with Crippen LogP contribution in [0, 0.1) is 0 Å². The van der Waals surface area contributed by atoms with Gasteiger partial charge in [-0.25, -0.2) is 4.79 Å². The summed E-state index contributed by atoms with van der Waals surface area (Å²) in [6.45, 7) is 0. The molecule has 2 aromatic rings. The van der Waals surface area contributed by atoms with E-state index in [1.54, 1.807) is 18.2 Å². The molecule has 0 saturated heterocycles. The maximum absolute atomic E-state index is 12.0. The molecule has 8 heteroatoms. The van der Waals surface area contributed by atoms with Gasteiger partial charge in [0.05, 0.1) is 12.1 Å². The fourth-order valence-electron chi connectivity index (χ4n) is 2.30. The van der Waals surface area contributed by atoms with Crippen molar-refractivity contribution in [1.29, 1.82) is 0 Å². The summed E-state index contributed by atoms with van der Waals surface area (Å²) in [5.41, 5.74) is 1.20. The van der Waals surface area contributed by atoms with Crippen molar-refractivity contribution < 1.29 is 30.0 Å². The second-order valence-electron chi connectivity index (χ2n) is 5.69. The highest BCUT2D eigenvalue weighted by atomic mass is 32.1. The molecular weight excluding hydrogens is 370 g/mol. The summed E-state index contributed by atoms with van der Waals surface area (Å²) in [6, 6.07) is 7.76. The van der Waals surface area contributed by atoms with Crippen LogP contribution in [-0.4, -0.2) is 44.5 Å². The van der Waals surface area contributed by atoms with Gasteiger partial charge in [0.2, 0.25) is 0 Å². The number of thiocarbonyl (C=S) groups is 1. The largest absolute Gasteiger partial charge is 0.504 e. The van der Waals surface area contributed by atoms with Crippen molar-refractivity contribution in [2.24, 2.45) is 0 Å². The Labute approximate surface area is 161 Å². The number of carbonyl (C=O) groups excluding carboxylic acids is 1. The summed E-state index contributed by atoms with van der Waals surface area (Å²) in [6.07, 6.45) is 3.31. The number of methoxy groups -OCH3 is 1. The van der Waals surface area contributed by atoms with E-state index in [0.717, 1.165) is 0 Å². The average molecular weight is 389 g/mol. The predicted octanol–water partition coefficient (Wildman–Crippen LogP) is 2.22. The van der Waals surface area contributed by atoms with E-state index >= 15 is 0 Å². The van der Waals surface area contributed by atoms with E-state index in [0.29, 0.717) is 11.1 Å². The molecule has 0 radical (unpaired) electrons. The van der Waals surface area contributed by atoms with Crippen LogP contribution in [0.3, 0.4) is 0 Å². The number of phenolic OH excluding ortho intramolecular Hbond substituents is 4. The van der Waals surface area contributed by atoms with Gasteiger partial charge < -0.3 is 30.5 Å². The van der Waals surface area contributed by atoms with Crippen LogP contribution in [0.4, 0.5) is 0 Å². The summed E-state index contributed by atoms with van der Waals surface area (Å²) >= 11 is 5.21. The first-order chi connectivity index (χ1) is 12.8. The third-order valence-corrected chi connectivity index (χ3v) is 3.96. The maximum atomic E-state index is 12.0. The molecule has 0 unspecified atom stereocenters. The van der Waals surface area contributed by atoms with Crippen LogP contribution in [0.2, 0.25) is 0 Å². The van der Waals surface area contributed by atoms with Crippen LogP contribution in [0.15, 0.2) is 42.5 Å². The molecule has 0 aliphatic carbocycles. The molecule has 2 rings (SSSR count). The van der Waals surface area contributed by atoms with E-state index in [9.17, 15) is 25.2 Å². The Morgan fingerprint density at radius 1 is 1.07 bits per heavy atom. The van der Waals surface area contributed by atoms with E-state index in [1.807, 2.05) is 0 Å². The third-order valence-electron chi connectivity index (χ3n) is 3.71. The normalized spacial score (nSPS) is 11.9. The summed E-state index contributed by atoms with van der Waals surface area (Å²) in [5, 5.41) is 40.6. The zero-order chi connectivity index (χ0) is 20.0. The molecule has 5 N–H and O–H groups in total. The van der Waals surface area contributed by atoms with Crippen LogP contribution in [-0.2, 0) is 16.0 Å². The van der Waals surface area contributed by atoms with Gasteiger partial charge in [0.15, 0.2) is 23.0 Å². The Balaban J connectivity index is 2.09. The van der Waals surface area contributed by atoms with Gasteiger partial charge in [0.25, 0.3) is 0 Å². The maximum Gasteiger partial charge on any atom is 0.328 e. The van der Waals surface area contributed by atoms with E-state index in [4.69, 9.17) is 17.0 Å². The van der Waals surface area contributed by atoms with Crippen LogP contribution >= 0.6 is 12.2 Å². The molecule has 0 aromatic heterocycles.